The third-order valence-corrected chi connectivity index (χ3v) is 4.30. The van der Waals surface area contributed by atoms with Gasteiger partial charge < -0.3 is 20.5 Å². The van der Waals surface area contributed by atoms with E-state index in [2.05, 4.69) is 10.6 Å². The Hall–Kier alpha value is -3.35. The van der Waals surface area contributed by atoms with Gasteiger partial charge in [-0.05, 0) is 55.3 Å². The Morgan fingerprint density at radius 2 is 1.67 bits per heavy atom. The normalized spacial score (nSPS) is 10.3. The maximum absolute atomic E-state index is 12.2. The summed E-state index contributed by atoms with van der Waals surface area (Å²) in [5, 5.41) is 14.8. The summed E-state index contributed by atoms with van der Waals surface area (Å²) in [6, 6.07) is 13.0. The molecule has 30 heavy (non-hydrogen) atoms. The number of phenols is 1. The Morgan fingerprint density at radius 1 is 0.933 bits per heavy atom. The molecule has 160 valence electrons. The van der Waals surface area contributed by atoms with Gasteiger partial charge in [0.1, 0.15) is 11.5 Å². The number of amides is 2. The van der Waals surface area contributed by atoms with Crippen molar-refractivity contribution < 1.29 is 24.2 Å². The number of carbonyl (C=O) groups excluding carboxylic acids is 3. The van der Waals surface area contributed by atoms with Crippen LogP contribution >= 0.6 is 0 Å². The highest BCUT2D eigenvalue weighted by atomic mass is 16.5. The Labute approximate surface area is 176 Å². The maximum atomic E-state index is 12.2. The van der Waals surface area contributed by atoms with Gasteiger partial charge in [-0.1, -0.05) is 13.0 Å². The molecular weight excluding hydrogens is 384 g/mol. The number of hydrogen-bond acceptors (Lipinski definition) is 5. The van der Waals surface area contributed by atoms with E-state index in [9.17, 15) is 19.5 Å². The largest absolute Gasteiger partial charge is 0.508 e. The number of aromatic hydroxyl groups is 1. The summed E-state index contributed by atoms with van der Waals surface area (Å²) >= 11 is 0. The molecule has 7 nitrogen and oxygen atoms in total. The van der Waals surface area contributed by atoms with E-state index in [0.717, 1.165) is 12.2 Å². The van der Waals surface area contributed by atoms with Crippen LogP contribution in [0.1, 0.15) is 53.3 Å². The van der Waals surface area contributed by atoms with E-state index in [1.807, 2.05) is 6.92 Å². The Bertz CT molecular complexity index is 849. The monoisotopic (exact) mass is 412 g/mol. The second-order valence-corrected chi connectivity index (χ2v) is 6.81. The summed E-state index contributed by atoms with van der Waals surface area (Å²) in [4.78, 5) is 36.0. The first kappa shape index (κ1) is 22.9. The zero-order chi connectivity index (χ0) is 21.8. The fraction of sp³-hybridized carbons (Fsp3) is 0.348. The van der Waals surface area contributed by atoms with Crippen LogP contribution in [-0.2, 0) is 4.79 Å². The van der Waals surface area contributed by atoms with Crippen molar-refractivity contribution in [2.24, 2.45) is 0 Å². The molecule has 7 heteroatoms. The molecule has 0 saturated heterocycles. The number of phenolic OH excluding ortho intramolecular Hbond substituents is 1. The quantitative estimate of drug-likeness (QED) is 0.367. The summed E-state index contributed by atoms with van der Waals surface area (Å²) in [5.41, 5.74) is 0.934. The number of benzene rings is 2. The minimum Gasteiger partial charge on any atom is -0.508 e. The lowest BCUT2D eigenvalue weighted by Crippen LogP contribution is -2.30. The molecule has 0 spiro atoms. The third-order valence-electron chi connectivity index (χ3n) is 4.30. The van der Waals surface area contributed by atoms with Gasteiger partial charge in [0.15, 0.2) is 5.78 Å². The number of Topliss-reactive ketones (excluding diaryl/α,β-unsaturated/α-hetero) is 1. The van der Waals surface area contributed by atoms with E-state index in [-0.39, 0.29) is 36.2 Å². The smallest absolute Gasteiger partial charge is 0.251 e. The van der Waals surface area contributed by atoms with Crippen LogP contribution in [0, 0.1) is 0 Å². The van der Waals surface area contributed by atoms with Gasteiger partial charge in [-0.2, -0.15) is 0 Å². The van der Waals surface area contributed by atoms with Crippen molar-refractivity contribution in [3.05, 3.63) is 59.7 Å². The van der Waals surface area contributed by atoms with Gasteiger partial charge in [-0.25, -0.2) is 0 Å². The SMILES string of the molecule is CCCOc1ccc(C(=O)CCC(=O)NCCCNC(=O)c2cccc(O)c2)cc1. The minimum absolute atomic E-state index is 0.0326. The minimum atomic E-state index is -0.283. The molecule has 0 bridgehead atoms. The second kappa shape index (κ2) is 12.3. The summed E-state index contributed by atoms with van der Waals surface area (Å²) in [7, 11) is 0. The predicted molar refractivity (Wildman–Crippen MR) is 114 cm³/mol. The lowest BCUT2D eigenvalue weighted by molar-refractivity contribution is -0.121. The van der Waals surface area contributed by atoms with E-state index >= 15 is 0 Å². The van der Waals surface area contributed by atoms with Crippen LogP contribution in [0.25, 0.3) is 0 Å². The molecule has 0 aliphatic rings. The number of carbonyl (C=O) groups is 3. The molecule has 0 aliphatic carbocycles. The van der Waals surface area contributed by atoms with Crippen LogP contribution in [-0.4, -0.2) is 42.4 Å². The van der Waals surface area contributed by atoms with Gasteiger partial charge in [0.25, 0.3) is 5.91 Å². The molecule has 3 N–H and O–H groups in total. The van der Waals surface area contributed by atoms with Crippen LogP contribution in [0.15, 0.2) is 48.5 Å². The molecule has 2 amide bonds. The summed E-state index contributed by atoms with van der Waals surface area (Å²) in [5.74, 6) is 0.178. The highest BCUT2D eigenvalue weighted by Gasteiger charge is 2.10. The van der Waals surface area contributed by atoms with Crippen LogP contribution in [0.2, 0.25) is 0 Å². The molecule has 0 fully saturated rings. The first-order valence-corrected chi connectivity index (χ1v) is 10.1. The third kappa shape index (κ3) is 7.95. The molecule has 0 radical (unpaired) electrons. The summed E-state index contributed by atoms with van der Waals surface area (Å²) in [6.45, 7) is 3.44. The molecule has 0 aliphatic heterocycles. The standard InChI is InChI=1S/C23H28N2O5/c1-2-15-30-20-9-7-17(8-10-20)21(27)11-12-22(28)24-13-4-14-25-23(29)18-5-3-6-19(26)16-18/h3,5-10,16,26H,2,4,11-15H2,1H3,(H,24,28)(H,25,29). The van der Waals surface area contributed by atoms with Crippen molar-refractivity contribution in [1.82, 2.24) is 10.6 Å². The molecule has 2 rings (SSSR count). The van der Waals surface area contributed by atoms with E-state index in [1.54, 1.807) is 36.4 Å². The number of ketones is 1. The molecule has 0 aromatic heterocycles. The van der Waals surface area contributed by atoms with Crippen LogP contribution in [0.3, 0.4) is 0 Å². The average Bonchev–Trinajstić information content (AvgIpc) is 2.76. The summed E-state index contributed by atoms with van der Waals surface area (Å²) in [6.07, 6.45) is 1.72. The topological polar surface area (TPSA) is 105 Å². The van der Waals surface area contributed by atoms with Gasteiger partial charge in [-0.15, -0.1) is 0 Å². The summed E-state index contributed by atoms with van der Waals surface area (Å²) < 4.78 is 5.48. The van der Waals surface area contributed by atoms with Crippen molar-refractivity contribution >= 4 is 17.6 Å². The van der Waals surface area contributed by atoms with Crippen molar-refractivity contribution in [3.63, 3.8) is 0 Å². The Balaban J connectivity index is 1.60. The number of nitrogens with one attached hydrogen (secondary N) is 2. The van der Waals surface area contributed by atoms with Crippen molar-refractivity contribution in [2.75, 3.05) is 19.7 Å². The van der Waals surface area contributed by atoms with Gasteiger partial charge in [0.05, 0.1) is 6.61 Å². The molecule has 0 heterocycles. The number of ether oxygens (including phenoxy) is 1. The van der Waals surface area contributed by atoms with Crippen molar-refractivity contribution in [2.45, 2.75) is 32.6 Å². The predicted octanol–water partition coefficient (Wildman–Crippen LogP) is 3.08. The zero-order valence-corrected chi connectivity index (χ0v) is 17.1. The van der Waals surface area contributed by atoms with Gasteiger partial charge in [-0.3, -0.25) is 14.4 Å². The second-order valence-electron chi connectivity index (χ2n) is 6.81. The molecule has 0 unspecified atom stereocenters. The fourth-order valence-corrected chi connectivity index (χ4v) is 2.68. The Morgan fingerprint density at radius 3 is 2.37 bits per heavy atom. The van der Waals surface area contributed by atoms with Crippen LogP contribution in [0.5, 0.6) is 11.5 Å². The van der Waals surface area contributed by atoms with Crippen molar-refractivity contribution in [1.29, 1.82) is 0 Å². The highest BCUT2D eigenvalue weighted by Crippen LogP contribution is 2.14. The zero-order valence-electron chi connectivity index (χ0n) is 17.1. The van der Waals surface area contributed by atoms with E-state index in [0.29, 0.717) is 37.2 Å². The lowest BCUT2D eigenvalue weighted by atomic mass is 10.1. The van der Waals surface area contributed by atoms with Gasteiger partial charge in [0, 0.05) is 37.1 Å². The van der Waals surface area contributed by atoms with Crippen molar-refractivity contribution in [3.8, 4) is 11.5 Å². The molecule has 0 atom stereocenters. The van der Waals surface area contributed by atoms with E-state index in [4.69, 9.17) is 4.74 Å². The first-order chi connectivity index (χ1) is 14.5. The molecule has 2 aromatic carbocycles. The van der Waals surface area contributed by atoms with Crippen LogP contribution < -0.4 is 15.4 Å². The highest BCUT2D eigenvalue weighted by molar-refractivity contribution is 5.98. The fourth-order valence-electron chi connectivity index (χ4n) is 2.68. The number of rotatable bonds is 12. The van der Waals surface area contributed by atoms with E-state index in [1.165, 1.54) is 12.1 Å². The Kier molecular flexibility index (Phi) is 9.37. The van der Waals surface area contributed by atoms with Gasteiger partial charge in [0.2, 0.25) is 5.91 Å². The maximum Gasteiger partial charge on any atom is 0.251 e. The molecular formula is C23H28N2O5. The van der Waals surface area contributed by atoms with Gasteiger partial charge >= 0.3 is 0 Å². The average molecular weight is 412 g/mol. The lowest BCUT2D eigenvalue weighted by Gasteiger charge is -2.08. The van der Waals surface area contributed by atoms with Crippen LogP contribution in [0.4, 0.5) is 0 Å². The first-order valence-electron chi connectivity index (χ1n) is 10.1. The molecule has 0 saturated carbocycles. The van der Waals surface area contributed by atoms with E-state index < -0.39 is 0 Å². The number of hydrogen-bond donors (Lipinski definition) is 3. The molecule has 2 aromatic rings.